The smallest absolute Gasteiger partial charge is 0.322 e. The van der Waals surface area contributed by atoms with Crippen molar-refractivity contribution in [2.24, 2.45) is 5.73 Å². The number of carbonyl (C=O) groups is 1. The molecule has 0 aromatic carbocycles. The van der Waals surface area contributed by atoms with Gasteiger partial charge in [-0.2, -0.15) is 0 Å². The molecule has 0 rings (SSSR count). The van der Waals surface area contributed by atoms with Crippen molar-refractivity contribution in [2.45, 2.75) is 25.3 Å². The molecule has 1 atom stereocenters. The SMILES string of the molecule is C#CCN[C@@H](CCCCN)C(=O)OC. The van der Waals surface area contributed by atoms with Gasteiger partial charge in [-0.15, -0.1) is 6.42 Å². The summed E-state index contributed by atoms with van der Waals surface area (Å²) in [4.78, 5) is 11.2. The van der Waals surface area contributed by atoms with Crippen LogP contribution in [0.2, 0.25) is 0 Å². The standard InChI is InChI=1S/C10H18N2O2/c1-3-8-12-9(10(13)14-2)6-4-5-7-11/h1,9,12H,4-8,11H2,2H3/t9-/m0/s1. The van der Waals surface area contributed by atoms with Gasteiger partial charge in [0.15, 0.2) is 0 Å². The fourth-order valence-corrected chi connectivity index (χ4v) is 1.12. The van der Waals surface area contributed by atoms with Gasteiger partial charge in [0.25, 0.3) is 0 Å². The highest BCUT2D eigenvalue weighted by atomic mass is 16.5. The number of hydrogen-bond donors (Lipinski definition) is 2. The van der Waals surface area contributed by atoms with Gasteiger partial charge in [0, 0.05) is 0 Å². The average molecular weight is 198 g/mol. The van der Waals surface area contributed by atoms with Gasteiger partial charge in [-0.3, -0.25) is 10.1 Å². The second kappa shape index (κ2) is 8.54. The Bertz CT molecular complexity index is 199. The highest BCUT2D eigenvalue weighted by Crippen LogP contribution is 2.01. The molecule has 0 unspecified atom stereocenters. The van der Waals surface area contributed by atoms with Crippen molar-refractivity contribution in [3.8, 4) is 12.3 Å². The highest BCUT2D eigenvalue weighted by molar-refractivity contribution is 5.75. The van der Waals surface area contributed by atoms with Gasteiger partial charge in [0.1, 0.15) is 6.04 Å². The number of carbonyl (C=O) groups excluding carboxylic acids is 1. The van der Waals surface area contributed by atoms with E-state index in [1.165, 1.54) is 7.11 Å². The molecule has 0 aliphatic rings. The van der Waals surface area contributed by atoms with Crippen LogP contribution in [0.5, 0.6) is 0 Å². The summed E-state index contributed by atoms with van der Waals surface area (Å²) in [7, 11) is 1.37. The van der Waals surface area contributed by atoms with E-state index < -0.39 is 0 Å². The van der Waals surface area contributed by atoms with Crippen LogP contribution in [0.1, 0.15) is 19.3 Å². The summed E-state index contributed by atoms with van der Waals surface area (Å²) in [6.45, 7) is 1.02. The number of hydrogen-bond acceptors (Lipinski definition) is 4. The lowest BCUT2D eigenvalue weighted by molar-refractivity contribution is -0.143. The van der Waals surface area contributed by atoms with Crippen molar-refractivity contribution in [1.82, 2.24) is 5.32 Å². The second-order valence-corrected chi connectivity index (χ2v) is 2.95. The van der Waals surface area contributed by atoms with E-state index in [1.807, 2.05) is 0 Å². The van der Waals surface area contributed by atoms with Crippen molar-refractivity contribution < 1.29 is 9.53 Å². The number of rotatable bonds is 7. The molecule has 80 valence electrons. The molecule has 0 aromatic heterocycles. The van der Waals surface area contributed by atoms with Gasteiger partial charge in [-0.05, 0) is 19.4 Å². The Labute approximate surface area is 85.2 Å². The van der Waals surface area contributed by atoms with Crippen molar-refractivity contribution in [3.63, 3.8) is 0 Å². The molecule has 0 spiro atoms. The van der Waals surface area contributed by atoms with Crippen molar-refractivity contribution in [3.05, 3.63) is 0 Å². The molecule has 0 bridgehead atoms. The molecule has 3 N–H and O–H groups in total. The highest BCUT2D eigenvalue weighted by Gasteiger charge is 2.16. The van der Waals surface area contributed by atoms with Gasteiger partial charge >= 0.3 is 5.97 Å². The van der Waals surface area contributed by atoms with Crippen LogP contribution in [0.3, 0.4) is 0 Å². The maximum Gasteiger partial charge on any atom is 0.322 e. The molecule has 0 radical (unpaired) electrons. The Hall–Kier alpha value is -1.05. The molecule has 0 fully saturated rings. The summed E-state index contributed by atoms with van der Waals surface area (Å²) in [6.07, 6.45) is 7.61. The van der Waals surface area contributed by atoms with Crippen LogP contribution < -0.4 is 11.1 Å². The third-order valence-electron chi connectivity index (χ3n) is 1.88. The number of methoxy groups -OCH3 is 1. The summed E-state index contributed by atoms with van der Waals surface area (Å²) in [5.41, 5.74) is 5.35. The van der Waals surface area contributed by atoms with Gasteiger partial charge < -0.3 is 10.5 Å². The van der Waals surface area contributed by atoms with E-state index in [1.54, 1.807) is 0 Å². The van der Waals surface area contributed by atoms with Crippen LogP contribution in [0.25, 0.3) is 0 Å². The van der Waals surface area contributed by atoms with Crippen LogP contribution in [0.15, 0.2) is 0 Å². The van der Waals surface area contributed by atoms with E-state index in [4.69, 9.17) is 12.2 Å². The summed E-state index contributed by atoms with van der Waals surface area (Å²) in [5.74, 6) is 2.16. The molecule has 0 aliphatic heterocycles. The topological polar surface area (TPSA) is 64.3 Å². The predicted octanol–water partition coefficient (Wildman–Crippen LogP) is -0.120. The average Bonchev–Trinajstić information content (AvgIpc) is 2.22. The van der Waals surface area contributed by atoms with Crippen LogP contribution in [0, 0.1) is 12.3 Å². The Morgan fingerprint density at radius 1 is 1.64 bits per heavy atom. The van der Waals surface area contributed by atoms with E-state index in [9.17, 15) is 4.79 Å². The first-order valence-electron chi connectivity index (χ1n) is 4.71. The number of unbranched alkanes of at least 4 members (excludes halogenated alkanes) is 1. The number of nitrogens with two attached hydrogens (primary N) is 1. The minimum Gasteiger partial charge on any atom is -0.468 e. The van der Waals surface area contributed by atoms with E-state index in [0.29, 0.717) is 19.5 Å². The first-order chi connectivity index (χ1) is 6.76. The summed E-state index contributed by atoms with van der Waals surface area (Å²) in [5, 5.41) is 2.93. The second-order valence-electron chi connectivity index (χ2n) is 2.95. The molecule has 0 saturated carbocycles. The Kier molecular flexibility index (Phi) is 7.90. The molecular formula is C10H18N2O2. The van der Waals surface area contributed by atoms with Gasteiger partial charge in [0.2, 0.25) is 0 Å². The molecule has 0 heterocycles. The van der Waals surface area contributed by atoms with Gasteiger partial charge in [0.05, 0.1) is 13.7 Å². The van der Waals surface area contributed by atoms with Crippen LogP contribution in [0.4, 0.5) is 0 Å². The molecule has 0 amide bonds. The zero-order valence-corrected chi connectivity index (χ0v) is 8.58. The van der Waals surface area contributed by atoms with E-state index >= 15 is 0 Å². The van der Waals surface area contributed by atoms with Gasteiger partial charge in [-0.1, -0.05) is 12.3 Å². The number of esters is 1. The van der Waals surface area contributed by atoms with Crippen molar-refractivity contribution in [1.29, 1.82) is 0 Å². The summed E-state index contributed by atoms with van der Waals surface area (Å²) < 4.78 is 4.64. The van der Waals surface area contributed by atoms with E-state index in [-0.39, 0.29) is 12.0 Å². The minimum atomic E-state index is -0.303. The molecular weight excluding hydrogens is 180 g/mol. The van der Waals surface area contributed by atoms with Gasteiger partial charge in [-0.25, -0.2) is 0 Å². The van der Waals surface area contributed by atoms with Crippen molar-refractivity contribution >= 4 is 5.97 Å². The Morgan fingerprint density at radius 3 is 2.86 bits per heavy atom. The van der Waals surface area contributed by atoms with Crippen molar-refractivity contribution in [2.75, 3.05) is 20.2 Å². The molecule has 4 nitrogen and oxygen atoms in total. The Morgan fingerprint density at radius 2 is 2.36 bits per heavy atom. The maximum atomic E-state index is 11.2. The zero-order chi connectivity index (χ0) is 10.8. The first-order valence-corrected chi connectivity index (χ1v) is 4.71. The van der Waals surface area contributed by atoms with Crippen LogP contribution in [-0.4, -0.2) is 32.2 Å². The lowest BCUT2D eigenvalue weighted by Gasteiger charge is -2.14. The number of terminal acetylenes is 1. The third-order valence-corrected chi connectivity index (χ3v) is 1.88. The van der Waals surface area contributed by atoms with Crippen LogP contribution in [-0.2, 0) is 9.53 Å². The van der Waals surface area contributed by atoms with E-state index in [0.717, 1.165) is 12.8 Å². The molecule has 14 heavy (non-hydrogen) atoms. The normalized spacial score (nSPS) is 11.8. The number of ether oxygens (including phenoxy) is 1. The monoisotopic (exact) mass is 198 g/mol. The zero-order valence-electron chi connectivity index (χ0n) is 8.58. The number of nitrogens with one attached hydrogen (secondary N) is 1. The fraction of sp³-hybridized carbons (Fsp3) is 0.700. The quantitative estimate of drug-likeness (QED) is 0.340. The van der Waals surface area contributed by atoms with Crippen LogP contribution >= 0.6 is 0 Å². The first kappa shape index (κ1) is 12.9. The maximum absolute atomic E-state index is 11.2. The predicted molar refractivity (Wildman–Crippen MR) is 55.5 cm³/mol. The lowest BCUT2D eigenvalue weighted by atomic mass is 10.1. The summed E-state index contributed by atoms with van der Waals surface area (Å²) >= 11 is 0. The molecule has 4 heteroatoms. The largest absolute Gasteiger partial charge is 0.468 e. The third kappa shape index (κ3) is 5.57. The summed E-state index contributed by atoms with van der Waals surface area (Å²) in [6, 6.07) is -0.303. The molecule has 0 aromatic rings. The fourth-order valence-electron chi connectivity index (χ4n) is 1.12. The Balaban J connectivity index is 3.85. The lowest BCUT2D eigenvalue weighted by Crippen LogP contribution is -2.37. The van der Waals surface area contributed by atoms with E-state index in [2.05, 4.69) is 16.0 Å². The molecule has 0 saturated heterocycles. The molecule has 0 aliphatic carbocycles. The minimum absolute atomic E-state index is 0.266.